The summed E-state index contributed by atoms with van der Waals surface area (Å²) in [6.07, 6.45) is -5.49. The molecular formula is C32H37F6N7O7. The number of benzene rings is 2. The second-order valence-corrected chi connectivity index (χ2v) is 11.7. The van der Waals surface area contributed by atoms with Gasteiger partial charge in [0.1, 0.15) is 5.82 Å². The number of hydrogen-bond donors (Lipinski definition) is 6. The number of hydrogen-bond acceptors (Lipinski definition) is 9. The Balaban J connectivity index is 0.000000441. The Labute approximate surface area is 292 Å². The molecule has 1 aromatic heterocycles. The number of carboxylic acid groups (broad SMARTS) is 2. The standard InChI is InChI=1S/C28H35N7O3.2C2HF3O2/c1-16-8-9-20-19(12-16)25(32-21-6-4-5-7-22(21)33-28(29)30)34-26(31-20)27(36)35-11-10-17-13-23(37-2)24(38-3)14-18(17)15-35;2*3-2(4,5)1(6)7/h8-9,12-14,21-22H,4-7,10-11,15H2,1-3H3,(H4,29,30,33)(H,31,32,34);2*(H,6,7). The summed E-state index contributed by atoms with van der Waals surface area (Å²) in [6.45, 7) is 3.03. The zero-order valence-electron chi connectivity index (χ0n) is 28.1. The van der Waals surface area contributed by atoms with Crippen molar-refractivity contribution in [3.63, 3.8) is 0 Å². The van der Waals surface area contributed by atoms with Crippen molar-refractivity contribution in [3.8, 4) is 11.5 Å². The molecule has 1 amide bonds. The molecule has 52 heavy (non-hydrogen) atoms. The van der Waals surface area contributed by atoms with Crippen molar-refractivity contribution in [1.82, 2.24) is 20.2 Å². The van der Waals surface area contributed by atoms with Gasteiger partial charge in [-0.2, -0.15) is 26.3 Å². The number of aromatic nitrogens is 2. The molecule has 0 bridgehead atoms. The molecule has 1 saturated carbocycles. The molecule has 1 aliphatic heterocycles. The largest absolute Gasteiger partial charge is 0.493 e. The Bertz CT molecular complexity index is 1770. The summed E-state index contributed by atoms with van der Waals surface area (Å²) in [5.74, 6) is -3.63. The van der Waals surface area contributed by atoms with Gasteiger partial charge in [-0.15, -0.1) is 0 Å². The highest BCUT2D eigenvalue weighted by Crippen LogP contribution is 2.34. The predicted octanol–water partition coefficient (Wildman–Crippen LogP) is 4.63. The van der Waals surface area contributed by atoms with Gasteiger partial charge in [0, 0.05) is 30.6 Å². The molecule has 7 N–H and O–H groups in total. The summed E-state index contributed by atoms with van der Waals surface area (Å²) >= 11 is 0. The predicted molar refractivity (Wildman–Crippen MR) is 174 cm³/mol. The van der Waals surface area contributed by atoms with Crippen LogP contribution in [-0.4, -0.2) is 94.1 Å². The quantitative estimate of drug-likeness (QED) is 0.116. The molecule has 284 valence electrons. The SMILES string of the molecule is COc1cc2c(cc1OC)CN(C(=O)c1nc(NC3CCCCC3NC(=N)N)c3cc(C)ccc3n1)CC2.O=C(O)C(F)(F)F.O=C(O)C(F)(F)F. The molecule has 5 rings (SSSR count). The highest BCUT2D eigenvalue weighted by molar-refractivity contribution is 5.97. The van der Waals surface area contributed by atoms with E-state index in [1.807, 2.05) is 37.3 Å². The molecule has 1 aliphatic carbocycles. The van der Waals surface area contributed by atoms with E-state index in [1.165, 1.54) is 0 Å². The van der Waals surface area contributed by atoms with Crippen LogP contribution < -0.4 is 25.8 Å². The second kappa shape index (κ2) is 17.1. The smallest absolute Gasteiger partial charge is 0.490 e. The van der Waals surface area contributed by atoms with Crippen molar-refractivity contribution in [2.75, 3.05) is 26.1 Å². The maximum Gasteiger partial charge on any atom is 0.490 e. The first-order chi connectivity index (χ1) is 24.2. The second-order valence-electron chi connectivity index (χ2n) is 11.7. The molecular weight excluding hydrogens is 708 g/mol. The normalized spacial score (nSPS) is 16.9. The number of nitrogens with two attached hydrogens (primary N) is 1. The number of alkyl halides is 6. The number of carbonyl (C=O) groups excluding carboxylic acids is 1. The molecule has 2 aromatic carbocycles. The number of methoxy groups -OCH3 is 2. The van der Waals surface area contributed by atoms with Crippen molar-refractivity contribution in [2.45, 2.75) is 70.0 Å². The molecule has 0 radical (unpaired) electrons. The highest BCUT2D eigenvalue weighted by Gasteiger charge is 2.39. The topological polar surface area (TPSA) is 213 Å². The molecule has 2 atom stereocenters. The van der Waals surface area contributed by atoms with Crippen LogP contribution in [0.5, 0.6) is 11.5 Å². The lowest BCUT2D eigenvalue weighted by atomic mass is 9.90. The van der Waals surface area contributed by atoms with Crippen LogP contribution in [-0.2, 0) is 22.6 Å². The minimum atomic E-state index is -5.08. The number of fused-ring (bicyclic) bond motifs is 2. The maximum absolute atomic E-state index is 13.7. The minimum Gasteiger partial charge on any atom is -0.493 e. The molecule has 2 heterocycles. The fourth-order valence-electron chi connectivity index (χ4n) is 5.50. The number of aliphatic carboxylic acids is 2. The van der Waals surface area contributed by atoms with Crippen molar-refractivity contribution in [1.29, 1.82) is 5.41 Å². The van der Waals surface area contributed by atoms with Gasteiger partial charge in [-0.3, -0.25) is 10.2 Å². The van der Waals surface area contributed by atoms with Crippen molar-refractivity contribution < 1.29 is 60.4 Å². The number of guanidine groups is 1. The third kappa shape index (κ3) is 11.0. The number of nitrogens with one attached hydrogen (secondary N) is 3. The zero-order valence-corrected chi connectivity index (χ0v) is 28.1. The number of aryl methyl sites for hydroxylation is 1. The van der Waals surface area contributed by atoms with Crippen LogP contribution >= 0.6 is 0 Å². The van der Waals surface area contributed by atoms with Gasteiger partial charge < -0.3 is 41.0 Å². The highest BCUT2D eigenvalue weighted by atomic mass is 19.4. The van der Waals surface area contributed by atoms with Crippen molar-refractivity contribution >= 4 is 40.5 Å². The number of anilines is 1. The van der Waals surface area contributed by atoms with Gasteiger partial charge in [0.05, 0.1) is 19.7 Å². The fourth-order valence-corrected chi connectivity index (χ4v) is 5.50. The Morgan fingerprint density at radius 3 is 1.96 bits per heavy atom. The number of carbonyl (C=O) groups is 3. The number of carboxylic acids is 2. The first-order valence-electron chi connectivity index (χ1n) is 15.5. The number of nitrogens with zero attached hydrogens (tertiary/aromatic N) is 3. The van der Waals surface area contributed by atoms with E-state index in [2.05, 4.69) is 15.6 Å². The molecule has 2 aliphatic rings. The first-order valence-corrected chi connectivity index (χ1v) is 15.5. The van der Waals surface area contributed by atoms with Gasteiger partial charge in [-0.25, -0.2) is 19.6 Å². The van der Waals surface area contributed by atoms with Gasteiger partial charge in [0.2, 0.25) is 5.82 Å². The van der Waals surface area contributed by atoms with E-state index < -0.39 is 24.3 Å². The number of amides is 1. The van der Waals surface area contributed by atoms with E-state index in [1.54, 1.807) is 19.1 Å². The Morgan fingerprint density at radius 2 is 1.44 bits per heavy atom. The number of rotatable bonds is 6. The number of halogens is 6. The van der Waals surface area contributed by atoms with E-state index in [9.17, 15) is 31.1 Å². The van der Waals surface area contributed by atoms with Crippen LogP contribution in [0.25, 0.3) is 10.9 Å². The van der Waals surface area contributed by atoms with Crippen LogP contribution in [0.3, 0.4) is 0 Å². The van der Waals surface area contributed by atoms with Gasteiger partial charge in [0.25, 0.3) is 5.91 Å². The molecule has 2 unspecified atom stereocenters. The Kier molecular flexibility index (Phi) is 13.4. The van der Waals surface area contributed by atoms with E-state index in [4.69, 9.17) is 45.4 Å². The van der Waals surface area contributed by atoms with Crippen LogP contribution in [0.15, 0.2) is 30.3 Å². The average molecular weight is 746 g/mol. The van der Waals surface area contributed by atoms with Gasteiger partial charge in [0.15, 0.2) is 17.5 Å². The zero-order chi connectivity index (χ0) is 39.0. The van der Waals surface area contributed by atoms with Crippen LogP contribution in [0, 0.1) is 12.3 Å². The summed E-state index contributed by atoms with van der Waals surface area (Å²) in [5, 5.41) is 29.5. The lowest BCUT2D eigenvalue weighted by molar-refractivity contribution is -0.193. The molecule has 0 saturated heterocycles. The van der Waals surface area contributed by atoms with Gasteiger partial charge >= 0.3 is 24.3 Å². The molecule has 0 spiro atoms. The van der Waals surface area contributed by atoms with Crippen LogP contribution in [0.4, 0.5) is 32.2 Å². The first kappa shape index (κ1) is 40.9. The summed E-state index contributed by atoms with van der Waals surface area (Å²) in [6, 6.07) is 9.94. The molecule has 1 fully saturated rings. The Morgan fingerprint density at radius 1 is 0.904 bits per heavy atom. The lowest BCUT2D eigenvalue weighted by Gasteiger charge is -2.33. The van der Waals surface area contributed by atoms with Crippen molar-refractivity contribution in [3.05, 3.63) is 52.8 Å². The van der Waals surface area contributed by atoms with Gasteiger partial charge in [-0.1, -0.05) is 24.5 Å². The van der Waals surface area contributed by atoms with E-state index in [0.29, 0.717) is 42.3 Å². The summed E-state index contributed by atoms with van der Waals surface area (Å²) in [7, 11) is 3.23. The average Bonchev–Trinajstić information content (AvgIpc) is 3.07. The molecule has 14 nitrogen and oxygen atoms in total. The lowest BCUT2D eigenvalue weighted by Crippen LogP contribution is -2.50. The summed E-state index contributed by atoms with van der Waals surface area (Å²) in [4.78, 5) is 42.7. The number of ether oxygens (including phenoxy) is 2. The van der Waals surface area contributed by atoms with E-state index >= 15 is 0 Å². The van der Waals surface area contributed by atoms with Crippen LogP contribution in [0.1, 0.15) is 53.0 Å². The fraction of sp³-hybridized carbons (Fsp3) is 0.438. The van der Waals surface area contributed by atoms with E-state index in [0.717, 1.165) is 47.8 Å². The van der Waals surface area contributed by atoms with Gasteiger partial charge in [-0.05, 0) is 61.6 Å². The molecule has 20 heteroatoms. The molecule has 3 aromatic rings. The minimum absolute atomic E-state index is 0.0146. The van der Waals surface area contributed by atoms with E-state index in [-0.39, 0.29) is 29.8 Å². The third-order valence-corrected chi connectivity index (χ3v) is 7.96. The summed E-state index contributed by atoms with van der Waals surface area (Å²) in [5.41, 5.74) is 9.63. The van der Waals surface area contributed by atoms with Crippen LogP contribution in [0.2, 0.25) is 0 Å². The monoisotopic (exact) mass is 745 g/mol. The summed E-state index contributed by atoms with van der Waals surface area (Å²) < 4.78 is 74.4. The van der Waals surface area contributed by atoms with Crippen molar-refractivity contribution in [2.24, 2.45) is 5.73 Å². The Hall–Kier alpha value is -5.56. The third-order valence-electron chi connectivity index (χ3n) is 7.96. The maximum atomic E-state index is 13.7.